The molecule has 0 bridgehead atoms. The minimum atomic E-state index is -0.518. The molecule has 2 aromatic carbocycles. The lowest BCUT2D eigenvalue weighted by Gasteiger charge is -2.28. The fourth-order valence-electron chi connectivity index (χ4n) is 5.91. The SMILES string of the molecule is CC(C)(C)OC(=O)N1C[C@@H]2C(NC(=O)c3ccc4[nH]nc(-c5nc6ccc(N7CCOCC7)cc6[nH]5)c4c3)[C@@H]2C1. The van der Waals surface area contributed by atoms with Crippen LogP contribution < -0.4 is 10.2 Å². The number of hydrogen-bond donors (Lipinski definition) is 3. The van der Waals surface area contributed by atoms with Crippen LogP contribution in [-0.4, -0.2) is 88.1 Å². The number of fused-ring (bicyclic) bond motifs is 3. The standard InChI is InChI=1S/C29H33N7O4/c1-29(2,3)40-28(38)36-14-19-20(15-36)24(19)32-27(37)16-4-6-21-18(12-16)25(34-33-21)26-30-22-7-5-17(13-23(22)31-26)35-8-10-39-11-9-35/h4-7,12-13,19-20,24H,8-11,14-15H2,1-3H3,(H,30,31)(H,32,37)(H,33,34)/t19-,20+,24?. The summed E-state index contributed by atoms with van der Waals surface area (Å²) in [7, 11) is 0. The molecular formula is C29H33N7O4. The predicted molar refractivity (Wildman–Crippen MR) is 150 cm³/mol. The van der Waals surface area contributed by atoms with Crippen LogP contribution in [0, 0.1) is 11.8 Å². The molecule has 11 nitrogen and oxygen atoms in total. The molecule has 2 aliphatic heterocycles. The summed E-state index contributed by atoms with van der Waals surface area (Å²) in [6.07, 6.45) is -0.286. The lowest BCUT2D eigenvalue weighted by Crippen LogP contribution is -2.40. The number of carbonyl (C=O) groups is 2. The molecule has 11 heteroatoms. The van der Waals surface area contributed by atoms with E-state index in [0.29, 0.717) is 30.2 Å². The van der Waals surface area contributed by atoms with Crippen LogP contribution in [0.25, 0.3) is 33.5 Å². The zero-order chi connectivity index (χ0) is 27.6. The molecule has 2 amide bonds. The highest BCUT2D eigenvalue weighted by Gasteiger charge is 2.58. The van der Waals surface area contributed by atoms with Crippen molar-refractivity contribution in [2.75, 3.05) is 44.3 Å². The third-order valence-corrected chi connectivity index (χ3v) is 8.03. The quantitative estimate of drug-likeness (QED) is 0.359. The van der Waals surface area contributed by atoms with Gasteiger partial charge >= 0.3 is 6.09 Å². The van der Waals surface area contributed by atoms with Crippen LogP contribution in [0.2, 0.25) is 0 Å². The zero-order valence-corrected chi connectivity index (χ0v) is 22.9. The van der Waals surface area contributed by atoms with Gasteiger partial charge in [-0.1, -0.05) is 0 Å². The fraction of sp³-hybridized carbons (Fsp3) is 0.448. The number of carbonyl (C=O) groups excluding carboxylic acids is 2. The summed E-state index contributed by atoms with van der Waals surface area (Å²) in [6.45, 7) is 10.00. The van der Waals surface area contributed by atoms with E-state index in [-0.39, 0.29) is 29.9 Å². The van der Waals surface area contributed by atoms with Crippen molar-refractivity contribution in [2.45, 2.75) is 32.4 Å². The Morgan fingerprint density at radius 1 is 1.05 bits per heavy atom. The van der Waals surface area contributed by atoms with E-state index in [4.69, 9.17) is 14.5 Å². The van der Waals surface area contributed by atoms with Gasteiger partial charge in [0, 0.05) is 60.7 Å². The summed E-state index contributed by atoms with van der Waals surface area (Å²) >= 11 is 0. The first kappa shape index (κ1) is 24.9. The Hall–Kier alpha value is -4.12. The number of aromatic amines is 2. The summed E-state index contributed by atoms with van der Waals surface area (Å²) in [5.41, 5.74) is 4.48. The number of amides is 2. The second-order valence-corrected chi connectivity index (χ2v) is 11.9. The number of nitrogens with zero attached hydrogens (tertiary/aromatic N) is 4. The molecule has 1 unspecified atom stereocenters. The van der Waals surface area contributed by atoms with E-state index in [9.17, 15) is 9.59 Å². The van der Waals surface area contributed by atoms with Gasteiger partial charge in [0.25, 0.3) is 5.91 Å². The van der Waals surface area contributed by atoms with Gasteiger partial charge in [-0.15, -0.1) is 0 Å². The summed E-state index contributed by atoms with van der Waals surface area (Å²) in [4.78, 5) is 37.8. The Morgan fingerprint density at radius 2 is 1.82 bits per heavy atom. The number of imidazole rings is 1. The maximum atomic E-state index is 13.2. The van der Waals surface area contributed by atoms with Crippen molar-refractivity contribution in [2.24, 2.45) is 11.8 Å². The highest BCUT2D eigenvalue weighted by Crippen LogP contribution is 2.46. The topological polar surface area (TPSA) is 128 Å². The first-order valence-electron chi connectivity index (χ1n) is 13.8. The van der Waals surface area contributed by atoms with Crippen molar-refractivity contribution in [3.8, 4) is 11.5 Å². The highest BCUT2D eigenvalue weighted by molar-refractivity contribution is 6.01. The minimum Gasteiger partial charge on any atom is -0.444 e. The number of benzene rings is 2. The molecule has 208 valence electrons. The second-order valence-electron chi connectivity index (χ2n) is 11.9. The van der Waals surface area contributed by atoms with E-state index in [2.05, 4.69) is 37.5 Å². The van der Waals surface area contributed by atoms with Crippen LogP contribution >= 0.6 is 0 Å². The summed E-state index contributed by atoms with van der Waals surface area (Å²) in [5, 5.41) is 11.6. The van der Waals surface area contributed by atoms with Gasteiger partial charge < -0.3 is 29.6 Å². The lowest BCUT2D eigenvalue weighted by atomic mass is 10.1. The molecule has 1 aliphatic carbocycles. The molecule has 40 heavy (non-hydrogen) atoms. The summed E-state index contributed by atoms with van der Waals surface area (Å²) < 4.78 is 11.0. The fourth-order valence-corrected chi connectivity index (χ4v) is 5.91. The number of piperidine rings is 1. The van der Waals surface area contributed by atoms with Crippen molar-refractivity contribution >= 4 is 39.6 Å². The third-order valence-electron chi connectivity index (χ3n) is 8.03. The molecule has 3 atom stereocenters. The molecule has 7 rings (SSSR count). The Labute approximate surface area is 231 Å². The second kappa shape index (κ2) is 9.22. The largest absolute Gasteiger partial charge is 0.444 e. The van der Waals surface area contributed by atoms with Gasteiger partial charge in [0.15, 0.2) is 5.82 Å². The van der Waals surface area contributed by atoms with Gasteiger partial charge in [-0.05, 0) is 57.2 Å². The average Bonchev–Trinajstić information content (AvgIpc) is 3.38. The number of nitrogens with one attached hydrogen (secondary N) is 3. The van der Waals surface area contributed by atoms with Gasteiger partial charge in [0.05, 0.1) is 29.8 Å². The van der Waals surface area contributed by atoms with Crippen LogP contribution in [-0.2, 0) is 9.47 Å². The monoisotopic (exact) mass is 543 g/mol. The molecule has 1 saturated carbocycles. The van der Waals surface area contributed by atoms with Crippen LogP contribution in [0.1, 0.15) is 31.1 Å². The van der Waals surface area contributed by atoms with Gasteiger partial charge in [0.2, 0.25) is 0 Å². The van der Waals surface area contributed by atoms with Gasteiger partial charge in [0.1, 0.15) is 11.3 Å². The highest BCUT2D eigenvalue weighted by atomic mass is 16.6. The Bertz CT molecular complexity index is 1600. The van der Waals surface area contributed by atoms with E-state index in [1.807, 2.05) is 39.0 Å². The summed E-state index contributed by atoms with van der Waals surface area (Å²) in [6, 6.07) is 11.8. The third kappa shape index (κ3) is 4.53. The molecule has 4 heterocycles. The van der Waals surface area contributed by atoms with E-state index < -0.39 is 5.60 Å². The van der Waals surface area contributed by atoms with Gasteiger partial charge in [-0.3, -0.25) is 9.89 Å². The Morgan fingerprint density at radius 3 is 2.58 bits per heavy atom. The maximum absolute atomic E-state index is 13.2. The Balaban J connectivity index is 1.06. The number of likely N-dealkylation sites (tertiary alicyclic amines) is 1. The first-order chi connectivity index (χ1) is 19.2. The van der Waals surface area contributed by atoms with Crippen LogP contribution in [0.5, 0.6) is 0 Å². The normalized spacial score (nSPS) is 22.5. The van der Waals surface area contributed by atoms with Crippen molar-refractivity contribution in [3.05, 3.63) is 42.0 Å². The predicted octanol–water partition coefficient (Wildman–Crippen LogP) is 3.54. The molecule has 4 aromatic rings. The number of rotatable bonds is 4. The number of aromatic nitrogens is 4. The van der Waals surface area contributed by atoms with Gasteiger partial charge in [-0.25, -0.2) is 9.78 Å². The summed E-state index contributed by atoms with van der Waals surface area (Å²) in [5.74, 6) is 1.05. The van der Waals surface area contributed by atoms with Crippen molar-refractivity contribution in [1.29, 1.82) is 0 Å². The van der Waals surface area contributed by atoms with Crippen LogP contribution in [0.3, 0.4) is 0 Å². The smallest absolute Gasteiger partial charge is 0.410 e. The molecule has 0 spiro atoms. The van der Waals surface area contributed by atoms with Gasteiger partial charge in [-0.2, -0.15) is 5.10 Å². The number of morpholine rings is 1. The molecule has 3 fully saturated rings. The number of anilines is 1. The molecule has 2 saturated heterocycles. The lowest BCUT2D eigenvalue weighted by molar-refractivity contribution is 0.0270. The maximum Gasteiger partial charge on any atom is 0.410 e. The number of hydrogen-bond acceptors (Lipinski definition) is 7. The van der Waals surface area contributed by atoms with Crippen LogP contribution in [0.4, 0.5) is 10.5 Å². The zero-order valence-electron chi connectivity index (χ0n) is 22.9. The average molecular weight is 544 g/mol. The molecule has 0 radical (unpaired) electrons. The van der Waals surface area contributed by atoms with Crippen LogP contribution in [0.15, 0.2) is 36.4 Å². The van der Waals surface area contributed by atoms with E-state index in [0.717, 1.165) is 53.9 Å². The molecule has 3 aliphatic rings. The number of H-pyrrole nitrogens is 2. The van der Waals surface area contributed by atoms with E-state index in [1.165, 1.54) is 0 Å². The Kier molecular flexibility index (Phi) is 5.74. The van der Waals surface area contributed by atoms with E-state index >= 15 is 0 Å². The molecule has 3 N–H and O–H groups in total. The molecule has 2 aromatic heterocycles. The minimum absolute atomic E-state index is 0.0711. The van der Waals surface area contributed by atoms with Crippen molar-refractivity contribution in [1.82, 2.24) is 30.4 Å². The van der Waals surface area contributed by atoms with Crippen molar-refractivity contribution in [3.63, 3.8) is 0 Å². The first-order valence-corrected chi connectivity index (χ1v) is 13.8. The van der Waals surface area contributed by atoms with E-state index in [1.54, 1.807) is 11.0 Å². The number of ether oxygens (including phenoxy) is 2. The van der Waals surface area contributed by atoms with Crippen molar-refractivity contribution < 1.29 is 19.1 Å². The molecular weight excluding hydrogens is 510 g/mol.